The van der Waals surface area contributed by atoms with Gasteiger partial charge in [0.1, 0.15) is 29.4 Å². The van der Waals surface area contributed by atoms with E-state index in [4.69, 9.17) is 14.5 Å². The predicted molar refractivity (Wildman–Crippen MR) is 159 cm³/mol. The predicted octanol–water partition coefficient (Wildman–Crippen LogP) is 5.71. The number of fused-ring (bicyclic) bond motifs is 1. The Balaban J connectivity index is 1.40. The molecule has 4 rings (SSSR count). The zero-order valence-electron chi connectivity index (χ0n) is 24.1. The van der Waals surface area contributed by atoms with Gasteiger partial charge in [0.15, 0.2) is 5.65 Å². The molecule has 8 nitrogen and oxygen atoms in total. The Kier molecular flexibility index (Phi) is 10.5. The lowest BCUT2D eigenvalue weighted by molar-refractivity contribution is 0.0729. The maximum atomic E-state index is 13.8. The second kappa shape index (κ2) is 14.5. The fraction of sp³-hybridized carbons (Fsp3) is 0.406. The SMILES string of the molecule is CCCn1c(CN(CCC(C)C)C(=O)c2cccc(OCCNCc3ccc(OC)cc3)c2)nc2cccnc21. The van der Waals surface area contributed by atoms with E-state index in [0.29, 0.717) is 43.5 Å². The molecule has 1 N–H and O–H groups in total. The van der Waals surface area contributed by atoms with Gasteiger partial charge in [0.2, 0.25) is 0 Å². The molecule has 2 aromatic heterocycles. The van der Waals surface area contributed by atoms with Crippen molar-refractivity contribution >= 4 is 17.1 Å². The van der Waals surface area contributed by atoms with E-state index in [1.807, 2.05) is 65.6 Å². The van der Waals surface area contributed by atoms with Gasteiger partial charge in [-0.05, 0) is 66.8 Å². The van der Waals surface area contributed by atoms with E-state index in [9.17, 15) is 4.79 Å². The molecule has 212 valence electrons. The number of amides is 1. The molecule has 0 unspecified atom stereocenters. The van der Waals surface area contributed by atoms with Crippen molar-refractivity contribution in [1.82, 2.24) is 24.8 Å². The van der Waals surface area contributed by atoms with Crippen molar-refractivity contribution in [1.29, 1.82) is 0 Å². The number of hydrogen-bond acceptors (Lipinski definition) is 6. The van der Waals surface area contributed by atoms with Gasteiger partial charge in [-0.15, -0.1) is 0 Å². The van der Waals surface area contributed by atoms with Crippen LogP contribution in [0.5, 0.6) is 11.5 Å². The number of aryl methyl sites for hydroxylation is 1. The molecule has 1 amide bonds. The highest BCUT2D eigenvalue weighted by Gasteiger charge is 2.21. The van der Waals surface area contributed by atoms with Crippen molar-refractivity contribution in [2.45, 2.75) is 53.2 Å². The largest absolute Gasteiger partial charge is 0.497 e. The molecule has 0 aliphatic rings. The molecule has 0 fully saturated rings. The quantitative estimate of drug-likeness (QED) is 0.194. The van der Waals surface area contributed by atoms with Gasteiger partial charge in [-0.3, -0.25) is 4.79 Å². The molecular formula is C32H41N5O3. The average molecular weight is 544 g/mol. The van der Waals surface area contributed by atoms with Crippen LogP contribution in [-0.4, -0.2) is 52.1 Å². The summed E-state index contributed by atoms with van der Waals surface area (Å²) in [5, 5.41) is 3.39. The molecule has 8 heteroatoms. The second-order valence-corrected chi connectivity index (χ2v) is 10.3. The molecular weight excluding hydrogens is 502 g/mol. The molecule has 4 aromatic rings. The number of pyridine rings is 1. The number of methoxy groups -OCH3 is 1. The van der Waals surface area contributed by atoms with Gasteiger partial charge in [0.25, 0.3) is 5.91 Å². The van der Waals surface area contributed by atoms with Gasteiger partial charge in [-0.1, -0.05) is 39.0 Å². The topological polar surface area (TPSA) is 81.5 Å². The number of rotatable bonds is 15. The summed E-state index contributed by atoms with van der Waals surface area (Å²) in [6, 6.07) is 19.3. The standard InChI is InChI=1S/C32H41N5O3/c1-5-18-37-30(35-29-10-7-16-34-31(29)37)23-36(19-15-24(2)3)32(38)26-8-6-9-28(21-26)40-20-17-33-22-25-11-13-27(39-4)14-12-25/h6-14,16,21,24,33H,5,15,17-20,22-23H2,1-4H3. The van der Waals surface area contributed by atoms with Crippen molar-refractivity contribution in [3.8, 4) is 11.5 Å². The normalized spacial score (nSPS) is 11.2. The molecule has 0 spiro atoms. The lowest BCUT2D eigenvalue weighted by Crippen LogP contribution is -2.33. The van der Waals surface area contributed by atoms with Crippen LogP contribution in [0, 0.1) is 5.92 Å². The van der Waals surface area contributed by atoms with E-state index >= 15 is 0 Å². The Morgan fingerprint density at radius 1 is 1.07 bits per heavy atom. The summed E-state index contributed by atoms with van der Waals surface area (Å²) in [6.45, 7) is 10.3. The van der Waals surface area contributed by atoms with E-state index in [1.54, 1.807) is 13.3 Å². The van der Waals surface area contributed by atoms with Crippen molar-refractivity contribution in [2.24, 2.45) is 5.92 Å². The third kappa shape index (κ3) is 7.82. The van der Waals surface area contributed by atoms with Crippen molar-refractivity contribution in [3.63, 3.8) is 0 Å². The van der Waals surface area contributed by atoms with Crippen LogP contribution in [0.4, 0.5) is 0 Å². The molecule has 0 atom stereocenters. The molecule has 0 radical (unpaired) electrons. The van der Waals surface area contributed by atoms with Crippen LogP contribution in [-0.2, 0) is 19.6 Å². The fourth-order valence-electron chi connectivity index (χ4n) is 4.54. The Bertz CT molecular complexity index is 1370. The van der Waals surface area contributed by atoms with E-state index in [2.05, 4.69) is 35.6 Å². The Labute approximate surface area is 237 Å². The number of benzene rings is 2. The van der Waals surface area contributed by atoms with Crippen LogP contribution in [0.2, 0.25) is 0 Å². The zero-order chi connectivity index (χ0) is 28.3. The van der Waals surface area contributed by atoms with Crippen LogP contribution in [0.25, 0.3) is 11.2 Å². The minimum Gasteiger partial charge on any atom is -0.497 e. The van der Waals surface area contributed by atoms with Crippen LogP contribution in [0.1, 0.15) is 55.4 Å². The number of imidazole rings is 1. The fourth-order valence-corrected chi connectivity index (χ4v) is 4.54. The summed E-state index contributed by atoms with van der Waals surface area (Å²) in [5.41, 5.74) is 3.52. The number of hydrogen-bond donors (Lipinski definition) is 1. The zero-order valence-corrected chi connectivity index (χ0v) is 24.1. The van der Waals surface area contributed by atoms with Gasteiger partial charge >= 0.3 is 0 Å². The minimum atomic E-state index is -0.0215. The van der Waals surface area contributed by atoms with Crippen molar-refractivity contribution in [2.75, 3.05) is 26.8 Å². The monoisotopic (exact) mass is 543 g/mol. The molecule has 0 aliphatic carbocycles. The number of carbonyl (C=O) groups excluding carboxylic acids is 1. The van der Waals surface area contributed by atoms with Gasteiger partial charge < -0.3 is 24.3 Å². The minimum absolute atomic E-state index is 0.0215. The smallest absolute Gasteiger partial charge is 0.254 e. The van der Waals surface area contributed by atoms with Crippen LogP contribution in [0.3, 0.4) is 0 Å². The van der Waals surface area contributed by atoms with Crippen LogP contribution < -0.4 is 14.8 Å². The number of carbonyl (C=O) groups is 1. The van der Waals surface area contributed by atoms with E-state index in [-0.39, 0.29) is 5.91 Å². The summed E-state index contributed by atoms with van der Waals surface area (Å²) in [5.74, 6) is 2.85. The molecule has 0 aliphatic heterocycles. The molecule has 2 heterocycles. The first kappa shape index (κ1) is 29.1. The Hall–Kier alpha value is -3.91. The second-order valence-electron chi connectivity index (χ2n) is 10.3. The highest BCUT2D eigenvalue weighted by molar-refractivity contribution is 5.94. The summed E-state index contributed by atoms with van der Waals surface area (Å²) in [6.07, 6.45) is 3.67. The first-order chi connectivity index (χ1) is 19.5. The number of aromatic nitrogens is 3. The maximum absolute atomic E-state index is 13.8. The third-order valence-electron chi connectivity index (χ3n) is 6.74. The molecule has 0 bridgehead atoms. The number of nitrogens with zero attached hydrogens (tertiary/aromatic N) is 4. The highest BCUT2D eigenvalue weighted by atomic mass is 16.5. The summed E-state index contributed by atoms with van der Waals surface area (Å²) < 4.78 is 13.3. The van der Waals surface area contributed by atoms with Crippen LogP contribution >= 0.6 is 0 Å². The Morgan fingerprint density at radius 3 is 2.65 bits per heavy atom. The van der Waals surface area contributed by atoms with Gasteiger partial charge in [0.05, 0.1) is 13.7 Å². The first-order valence-corrected chi connectivity index (χ1v) is 14.1. The van der Waals surface area contributed by atoms with Gasteiger partial charge in [0, 0.05) is 37.9 Å². The summed E-state index contributed by atoms with van der Waals surface area (Å²) in [7, 11) is 1.67. The lowest BCUT2D eigenvalue weighted by atomic mass is 10.1. The van der Waals surface area contributed by atoms with Crippen molar-refractivity contribution < 1.29 is 14.3 Å². The third-order valence-corrected chi connectivity index (χ3v) is 6.74. The molecule has 0 saturated carbocycles. The van der Waals surface area contributed by atoms with E-state index < -0.39 is 0 Å². The van der Waals surface area contributed by atoms with E-state index in [0.717, 1.165) is 48.7 Å². The maximum Gasteiger partial charge on any atom is 0.254 e. The Morgan fingerprint density at radius 2 is 1.90 bits per heavy atom. The highest BCUT2D eigenvalue weighted by Crippen LogP contribution is 2.20. The van der Waals surface area contributed by atoms with Gasteiger partial charge in [-0.2, -0.15) is 0 Å². The average Bonchev–Trinajstić information content (AvgIpc) is 3.32. The summed E-state index contributed by atoms with van der Waals surface area (Å²) >= 11 is 0. The van der Waals surface area contributed by atoms with Gasteiger partial charge in [-0.25, -0.2) is 9.97 Å². The van der Waals surface area contributed by atoms with Crippen molar-refractivity contribution in [3.05, 3.63) is 83.8 Å². The van der Waals surface area contributed by atoms with E-state index in [1.165, 1.54) is 5.56 Å². The number of nitrogens with one attached hydrogen (secondary N) is 1. The first-order valence-electron chi connectivity index (χ1n) is 14.1. The van der Waals surface area contributed by atoms with Crippen LogP contribution in [0.15, 0.2) is 66.9 Å². The molecule has 2 aromatic carbocycles. The lowest BCUT2D eigenvalue weighted by Gasteiger charge is -2.24. The summed E-state index contributed by atoms with van der Waals surface area (Å²) in [4.78, 5) is 25.1. The molecule has 40 heavy (non-hydrogen) atoms. The number of ether oxygens (including phenoxy) is 2. The molecule has 0 saturated heterocycles.